The lowest BCUT2D eigenvalue weighted by Gasteiger charge is -2.27. The number of rotatable bonds is 3. The van der Waals surface area contributed by atoms with Crippen LogP contribution in [0.1, 0.15) is 43.7 Å². The molecule has 4 nitrogen and oxygen atoms in total. The van der Waals surface area contributed by atoms with Gasteiger partial charge in [-0.3, -0.25) is 0 Å². The predicted molar refractivity (Wildman–Crippen MR) is 82.1 cm³/mol. The fraction of sp³-hybridized carbons (Fsp3) is 0.600. The van der Waals surface area contributed by atoms with Gasteiger partial charge in [0.25, 0.3) is 0 Å². The molecule has 0 aliphatic heterocycles. The van der Waals surface area contributed by atoms with E-state index in [9.17, 15) is 8.42 Å². The van der Waals surface area contributed by atoms with E-state index in [1.807, 2.05) is 0 Å². The van der Waals surface area contributed by atoms with E-state index in [0.717, 1.165) is 25.7 Å². The van der Waals surface area contributed by atoms with Crippen LogP contribution in [-0.2, 0) is 10.0 Å². The first kappa shape index (κ1) is 15.3. The summed E-state index contributed by atoms with van der Waals surface area (Å²) in [6.45, 7) is 5.81. The van der Waals surface area contributed by atoms with Crippen LogP contribution >= 0.6 is 0 Å². The number of aryl methyl sites for hydroxylation is 2. The monoisotopic (exact) mass is 296 g/mol. The van der Waals surface area contributed by atoms with Crippen molar-refractivity contribution in [2.75, 3.05) is 5.73 Å². The molecule has 1 fully saturated rings. The maximum absolute atomic E-state index is 12.6. The van der Waals surface area contributed by atoms with E-state index in [1.165, 1.54) is 0 Å². The topological polar surface area (TPSA) is 72.2 Å². The van der Waals surface area contributed by atoms with Gasteiger partial charge in [0.1, 0.15) is 0 Å². The highest BCUT2D eigenvalue weighted by Crippen LogP contribution is 2.27. The van der Waals surface area contributed by atoms with Gasteiger partial charge in [-0.1, -0.05) is 6.92 Å². The lowest BCUT2D eigenvalue weighted by atomic mass is 9.88. The average Bonchev–Trinajstić information content (AvgIpc) is 2.30. The Morgan fingerprint density at radius 1 is 1.10 bits per heavy atom. The number of benzene rings is 1. The van der Waals surface area contributed by atoms with Gasteiger partial charge in [-0.2, -0.15) is 0 Å². The third kappa shape index (κ3) is 3.33. The van der Waals surface area contributed by atoms with Crippen LogP contribution in [0.5, 0.6) is 0 Å². The second kappa shape index (κ2) is 5.74. The molecule has 1 aromatic carbocycles. The van der Waals surface area contributed by atoms with Crippen LogP contribution in [-0.4, -0.2) is 14.5 Å². The molecule has 0 spiro atoms. The fourth-order valence-corrected chi connectivity index (χ4v) is 4.82. The highest BCUT2D eigenvalue weighted by molar-refractivity contribution is 7.89. The van der Waals surface area contributed by atoms with E-state index in [4.69, 9.17) is 5.73 Å². The first-order chi connectivity index (χ1) is 9.29. The van der Waals surface area contributed by atoms with Gasteiger partial charge in [0.05, 0.1) is 4.90 Å². The molecule has 2 rings (SSSR count). The summed E-state index contributed by atoms with van der Waals surface area (Å²) >= 11 is 0. The third-order valence-electron chi connectivity index (χ3n) is 4.09. The van der Waals surface area contributed by atoms with Crippen molar-refractivity contribution < 1.29 is 8.42 Å². The maximum Gasteiger partial charge on any atom is 0.241 e. The number of nitrogens with one attached hydrogen (secondary N) is 1. The van der Waals surface area contributed by atoms with Gasteiger partial charge < -0.3 is 5.73 Å². The molecule has 0 heterocycles. The fourth-order valence-electron chi connectivity index (χ4n) is 3.06. The zero-order chi connectivity index (χ0) is 14.9. The van der Waals surface area contributed by atoms with Crippen LogP contribution in [0.3, 0.4) is 0 Å². The Hall–Kier alpha value is -1.07. The zero-order valence-electron chi connectivity index (χ0n) is 12.4. The smallest absolute Gasteiger partial charge is 0.241 e. The molecular formula is C15H24N2O2S. The van der Waals surface area contributed by atoms with Crippen molar-refractivity contribution in [1.82, 2.24) is 4.72 Å². The first-order valence-electron chi connectivity index (χ1n) is 7.18. The molecule has 1 aliphatic carbocycles. The Morgan fingerprint density at radius 2 is 1.60 bits per heavy atom. The van der Waals surface area contributed by atoms with Crippen molar-refractivity contribution in [3.05, 3.63) is 23.3 Å². The number of nitrogen functional groups attached to an aromatic ring is 1. The second-order valence-electron chi connectivity index (χ2n) is 6.06. The van der Waals surface area contributed by atoms with E-state index in [0.29, 0.717) is 27.6 Å². The summed E-state index contributed by atoms with van der Waals surface area (Å²) in [6, 6.07) is 3.49. The minimum Gasteiger partial charge on any atom is -0.399 e. The first-order valence-corrected chi connectivity index (χ1v) is 8.67. The van der Waals surface area contributed by atoms with E-state index < -0.39 is 10.0 Å². The van der Waals surface area contributed by atoms with Crippen LogP contribution in [0.15, 0.2) is 17.0 Å². The highest BCUT2D eigenvalue weighted by Gasteiger charge is 2.26. The zero-order valence-corrected chi connectivity index (χ0v) is 13.3. The summed E-state index contributed by atoms with van der Waals surface area (Å²) < 4.78 is 28.0. The third-order valence-corrected chi connectivity index (χ3v) is 5.91. The molecular weight excluding hydrogens is 272 g/mol. The lowest BCUT2D eigenvalue weighted by Crippen LogP contribution is -2.37. The van der Waals surface area contributed by atoms with Crippen molar-refractivity contribution in [3.63, 3.8) is 0 Å². The van der Waals surface area contributed by atoms with Gasteiger partial charge in [0, 0.05) is 11.7 Å². The molecule has 3 N–H and O–H groups in total. The lowest BCUT2D eigenvalue weighted by molar-refractivity contribution is 0.332. The summed E-state index contributed by atoms with van der Waals surface area (Å²) in [5.74, 6) is 0.704. The molecule has 0 unspecified atom stereocenters. The standard InChI is InChI=1S/C15H24N2O2S/c1-10-4-6-14(7-5-10)17-20(18,19)15-11(2)8-13(16)9-12(15)3/h8-10,14,17H,4-7,16H2,1-3H3. The molecule has 20 heavy (non-hydrogen) atoms. The molecule has 5 heteroatoms. The van der Waals surface area contributed by atoms with Gasteiger partial charge in [-0.05, 0) is 68.7 Å². The van der Waals surface area contributed by atoms with Crippen molar-refractivity contribution in [2.24, 2.45) is 5.92 Å². The van der Waals surface area contributed by atoms with Crippen molar-refractivity contribution in [3.8, 4) is 0 Å². The number of nitrogens with two attached hydrogens (primary N) is 1. The average molecular weight is 296 g/mol. The Morgan fingerprint density at radius 3 is 2.10 bits per heavy atom. The molecule has 0 aromatic heterocycles. The summed E-state index contributed by atoms with van der Waals surface area (Å²) in [5.41, 5.74) is 7.77. The van der Waals surface area contributed by atoms with Gasteiger partial charge in [-0.25, -0.2) is 13.1 Å². The number of sulfonamides is 1. The Balaban J connectivity index is 2.23. The van der Waals surface area contributed by atoms with Gasteiger partial charge >= 0.3 is 0 Å². The Kier molecular flexibility index (Phi) is 4.39. The van der Waals surface area contributed by atoms with E-state index in [1.54, 1.807) is 26.0 Å². The van der Waals surface area contributed by atoms with E-state index in [2.05, 4.69) is 11.6 Å². The molecule has 0 saturated heterocycles. The van der Waals surface area contributed by atoms with Crippen LogP contribution in [0.2, 0.25) is 0 Å². The molecule has 0 amide bonds. The SMILES string of the molecule is Cc1cc(N)cc(C)c1S(=O)(=O)NC1CCC(C)CC1. The van der Waals surface area contributed by atoms with Crippen LogP contribution in [0.4, 0.5) is 5.69 Å². The summed E-state index contributed by atoms with van der Waals surface area (Å²) in [4.78, 5) is 0.380. The van der Waals surface area contributed by atoms with Crippen molar-refractivity contribution in [1.29, 1.82) is 0 Å². The number of hydrogen-bond acceptors (Lipinski definition) is 3. The maximum atomic E-state index is 12.6. The Labute approximate surface area is 121 Å². The quantitative estimate of drug-likeness (QED) is 0.842. The molecule has 112 valence electrons. The van der Waals surface area contributed by atoms with Crippen LogP contribution in [0, 0.1) is 19.8 Å². The van der Waals surface area contributed by atoms with Crippen molar-refractivity contribution >= 4 is 15.7 Å². The number of hydrogen-bond donors (Lipinski definition) is 2. The molecule has 1 aromatic rings. The molecule has 0 atom stereocenters. The predicted octanol–water partition coefficient (Wildman–Crippen LogP) is 2.74. The minimum absolute atomic E-state index is 0.0625. The minimum atomic E-state index is -3.46. The summed E-state index contributed by atoms with van der Waals surface area (Å²) in [5, 5.41) is 0. The molecule has 1 saturated carbocycles. The van der Waals surface area contributed by atoms with Crippen LogP contribution < -0.4 is 10.5 Å². The highest BCUT2D eigenvalue weighted by atomic mass is 32.2. The summed E-state index contributed by atoms with van der Waals surface area (Å²) in [7, 11) is -3.46. The van der Waals surface area contributed by atoms with Gasteiger partial charge in [0.2, 0.25) is 10.0 Å². The van der Waals surface area contributed by atoms with Gasteiger partial charge in [0.15, 0.2) is 0 Å². The molecule has 1 aliphatic rings. The van der Waals surface area contributed by atoms with Gasteiger partial charge in [-0.15, -0.1) is 0 Å². The largest absolute Gasteiger partial charge is 0.399 e. The van der Waals surface area contributed by atoms with E-state index >= 15 is 0 Å². The van der Waals surface area contributed by atoms with Crippen LogP contribution in [0.25, 0.3) is 0 Å². The van der Waals surface area contributed by atoms with E-state index in [-0.39, 0.29) is 6.04 Å². The molecule has 0 radical (unpaired) electrons. The second-order valence-corrected chi connectivity index (χ2v) is 7.71. The summed E-state index contributed by atoms with van der Waals surface area (Å²) in [6.07, 6.45) is 4.03. The normalized spacial score (nSPS) is 23.8. The van der Waals surface area contributed by atoms with Crippen molar-refractivity contribution in [2.45, 2.75) is 57.4 Å². The number of anilines is 1. The molecule has 0 bridgehead atoms. The Bertz CT molecular complexity index is 565.